The molecule has 0 radical (unpaired) electrons. The smallest absolute Gasteiger partial charge is 0.308 e. The number of rotatable bonds is 4. The van der Waals surface area contributed by atoms with Crippen LogP contribution in [-0.4, -0.2) is 42.3 Å². The van der Waals surface area contributed by atoms with Crippen molar-refractivity contribution in [1.29, 1.82) is 0 Å². The molecule has 0 aromatic heterocycles. The molecular weight excluding hydrogens is 230 g/mol. The summed E-state index contributed by atoms with van der Waals surface area (Å²) in [5.74, 6) is -0.361. The van der Waals surface area contributed by atoms with E-state index in [-0.39, 0.29) is 12.4 Å². The molecule has 1 unspecified atom stereocenters. The summed E-state index contributed by atoms with van der Waals surface area (Å²) >= 11 is 0. The summed E-state index contributed by atoms with van der Waals surface area (Å²) in [5.41, 5.74) is 2.70. The normalized spacial score (nSPS) is 17.0. The van der Waals surface area contributed by atoms with Crippen LogP contribution in [0.5, 0.6) is 0 Å². The number of fused-ring (bicyclic) bond motifs is 1. The van der Waals surface area contributed by atoms with Crippen molar-refractivity contribution in [3.63, 3.8) is 0 Å². The molecule has 2 rings (SSSR count). The van der Waals surface area contributed by atoms with Gasteiger partial charge in [0.25, 0.3) is 0 Å². The molecule has 1 N–H and O–H groups in total. The average Bonchev–Trinajstić information content (AvgIpc) is 2.38. The quantitative estimate of drug-likeness (QED) is 0.808. The topological polar surface area (TPSA) is 49.8 Å². The lowest BCUT2D eigenvalue weighted by Crippen LogP contribution is -2.37. The van der Waals surface area contributed by atoms with Crippen molar-refractivity contribution in [2.45, 2.75) is 25.5 Å². The highest BCUT2D eigenvalue weighted by atomic mass is 16.5. The molecule has 0 fully saturated rings. The van der Waals surface area contributed by atoms with Crippen LogP contribution in [0.25, 0.3) is 0 Å². The Hall–Kier alpha value is -1.39. The van der Waals surface area contributed by atoms with Crippen molar-refractivity contribution in [1.82, 2.24) is 4.90 Å². The third-order valence-electron chi connectivity index (χ3n) is 3.31. The van der Waals surface area contributed by atoms with Gasteiger partial charge in [0, 0.05) is 19.6 Å². The van der Waals surface area contributed by atoms with Gasteiger partial charge >= 0.3 is 5.97 Å². The second kappa shape index (κ2) is 5.98. The standard InChI is InChI=1S/C14H19NO3/c1-18-14(17)8-13(16)10-15-7-6-11-4-2-3-5-12(11)9-15/h2-5,13,16H,6-10H2,1H3. The minimum atomic E-state index is -0.650. The first-order valence-corrected chi connectivity index (χ1v) is 6.23. The summed E-state index contributed by atoms with van der Waals surface area (Å²) in [6.45, 7) is 2.28. The lowest BCUT2D eigenvalue weighted by atomic mass is 9.99. The largest absolute Gasteiger partial charge is 0.469 e. The number of aliphatic hydroxyl groups excluding tert-OH is 1. The van der Waals surface area contributed by atoms with Crippen LogP contribution in [0.15, 0.2) is 24.3 Å². The molecule has 0 aliphatic carbocycles. The Labute approximate surface area is 107 Å². The highest BCUT2D eigenvalue weighted by molar-refractivity contribution is 5.69. The number of methoxy groups -OCH3 is 1. The van der Waals surface area contributed by atoms with Crippen LogP contribution < -0.4 is 0 Å². The van der Waals surface area contributed by atoms with Crippen molar-refractivity contribution < 1.29 is 14.6 Å². The molecule has 1 aliphatic rings. The third-order valence-corrected chi connectivity index (χ3v) is 3.31. The van der Waals surface area contributed by atoms with Crippen LogP contribution in [0.4, 0.5) is 0 Å². The minimum absolute atomic E-state index is 0.0641. The predicted octanol–water partition coefficient (Wildman–Crippen LogP) is 0.969. The lowest BCUT2D eigenvalue weighted by molar-refractivity contribution is -0.143. The van der Waals surface area contributed by atoms with Gasteiger partial charge in [-0.1, -0.05) is 24.3 Å². The monoisotopic (exact) mass is 249 g/mol. The first-order chi connectivity index (χ1) is 8.69. The van der Waals surface area contributed by atoms with Crippen molar-refractivity contribution >= 4 is 5.97 Å². The molecule has 18 heavy (non-hydrogen) atoms. The van der Waals surface area contributed by atoms with E-state index in [9.17, 15) is 9.90 Å². The van der Waals surface area contributed by atoms with Gasteiger partial charge in [-0.2, -0.15) is 0 Å². The van der Waals surface area contributed by atoms with Crippen LogP contribution in [-0.2, 0) is 22.5 Å². The number of benzene rings is 1. The van der Waals surface area contributed by atoms with E-state index in [2.05, 4.69) is 27.8 Å². The fraction of sp³-hybridized carbons (Fsp3) is 0.500. The Morgan fingerprint density at radius 3 is 2.89 bits per heavy atom. The molecular formula is C14H19NO3. The fourth-order valence-electron chi connectivity index (χ4n) is 2.35. The van der Waals surface area contributed by atoms with Crippen molar-refractivity contribution in [3.05, 3.63) is 35.4 Å². The Bertz CT molecular complexity index is 419. The molecule has 1 heterocycles. The first-order valence-electron chi connectivity index (χ1n) is 6.23. The second-order valence-corrected chi connectivity index (χ2v) is 4.69. The lowest BCUT2D eigenvalue weighted by Gasteiger charge is -2.30. The molecule has 0 amide bonds. The number of carbonyl (C=O) groups is 1. The highest BCUT2D eigenvalue weighted by Crippen LogP contribution is 2.18. The number of hydrogen-bond donors (Lipinski definition) is 1. The molecule has 4 heteroatoms. The zero-order valence-corrected chi connectivity index (χ0v) is 10.6. The molecule has 1 atom stereocenters. The van der Waals surface area contributed by atoms with Gasteiger partial charge in [-0.25, -0.2) is 0 Å². The predicted molar refractivity (Wildman–Crippen MR) is 68.1 cm³/mol. The Balaban J connectivity index is 1.88. The van der Waals surface area contributed by atoms with Gasteiger partial charge < -0.3 is 9.84 Å². The molecule has 1 aromatic carbocycles. The molecule has 0 saturated carbocycles. The Kier molecular flexibility index (Phi) is 4.33. The fourth-order valence-corrected chi connectivity index (χ4v) is 2.35. The highest BCUT2D eigenvalue weighted by Gasteiger charge is 2.19. The van der Waals surface area contributed by atoms with Gasteiger partial charge in [0.2, 0.25) is 0 Å². The molecule has 0 bridgehead atoms. The summed E-state index contributed by atoms with van der Waals surface area (Å²) in [7, 11) is 1.34. The molecule has 0 spiro atoms. The van der Waals surface area contributed by atoms with Crippen molar-refractivity contribution in [2.24, 2.45) is 0 Å². The second-order valence-electron chi connectivity index (χ2n) is 4.69. The summed E-state index contributed by atoms with van der Waals surface area (Å²) in [4.78, 5) is 13.2. The zero-order chi connectivity index (χ0) is 13.0. The average molecular weight is 249 g/mol. The number of aliphatic hydroxyl groups is 1. The number of ether oxygens (including phenoxy) is 1. The zero-order valence-electron chi connectivity index (χ0n) is 10.6. The van der Waals surface area contributed by atoms with Crippen LogP contribution in [0.1, 0.15) is 17.5 Å². The maximum atomic E-state index is 11.1. The minimum Gasteiger partial charge on any atom is -0.469 e. The number of carbonyl (C=O) groups excluding carboxylic acids is 1. The maximum absolute atomic E-state index is 11.1. The Morgan fingerprint density at radius 1 is 1.44 bits per heavy atom. The van der Waals surface area contributed by atoms with E-state index in [0.29, 0.717) is 6.54 Å². The summed E-state index contributed by atoms with van der Waals surface area (Å²) < 4.78 is 4.55. The van der Waals surface area contributed by atoms with Gasteiger partial charge in [0.05, 0.1) is 19.6 Å². The van der Waals surface area contributed by atoms with Gasteiger partial charge in [-0.15, -0.1) is 0 Å². The van der Waals surface area contributed by atoms with E-state index in [1.165, 1.54) is 18.2 Å². The van der Waals surface area contributed by atoms with E-state index in [4.69, 9.17) is 0 Å². The number of β-amino-alcohol motifs (C(OH)–C–C–N with tert-alkyl or cyclic N) is 1. The summed E-state index contributed by atoms with van der Waals surface area (Å²) in [6, 6.07) is 8.36. The first kappa shape index (κ1) is 13.1. The maximum Gasteiger partial charge on any atom is 0.308 e. The molecule has 98 valence electrons. The van der Waals surface area contributed by atoms with E-state index in [1.807, 2.05) is 6.07 Å². The van der Waals surface area contributed by atoms with Gasteiger partial charge in [0.15, 0.2) is 0 Å². The van der Waals surface area contributed by atoms with E-state index < -0.39 is 6.10 Å². The molecule has 1 aliphatic heterocycles. The summed E-state index contributed by atoms with van der Waals surface area (Å²) in [5, 5.41) is 9.81. The van der Waals surface area contributed by atoms with E-state index in [0.717, 1.165) is 19.5 Å². The number of hydrogen-bond acceptors (Lipinski definition) is 4. The van der Waals surface area contributed by atoms with Crippen molar-refractivity contribution in [3.8, 4) is 0 Å². The van der Waals surface area contributed by atoms with Crippen molar-refractivity contribution in [2.75, 3.05) is 20.2 Å². The van der Waals surface area contributed by atoms with Gasteiger partial charge in [-0.3, -0.25) is 9.69 Å². The molecule has 4 nitrogen and oxygen atoms in total. The van der Waals surface area contributed by atoms with Crippen LogP contribution in [0.2, 0.25) is 0 Å². The van der Waals surface area contributed by atoms with E-state index in [1.54, 1.807) is 0 Å². The summed E-state index contributed by atoms with van der Waals surface area (Å²) in [6.07, 6.45) is 0.415. The molecule has 0 saturated heterocycles. The van der Waals surface area contributed by atoms with Gasteiger partial charge in [0.1, 0.15) is 0 Å². The van der Waals surface area contributed by atoms with Crippen LogP contribution in [0.3, 0.4) is 0 Å². The third kappa shape index (κ3) is 3.31. The Morgan fingerprint density at radius 2 is 2.17 bits per heavy atom. The van der Waals surface area contributed by atoms with Crippen LogP contribution in [0, 0.1) is 0 Å². The number of nitrogens with zero attached hydrogens (tertiary/aromatic N) is 1. The van der Waals surface area contributed by atoms with Crippen LogP contribution >= 0.6 is 0 Å². The van der Waals surface area contributed by atoms with Gasteiger partial charge in [-0.05, 0) is 17.5 Å². The number of esters is 1. The van der Waals surface area contributed by atoms with E-state index >= 15 is 0 Å². The molecule has 1 aromatic rings. The SMILES string of the molecule is COC(=O)CC(O)CN1CCc2ccccc2C1.